The summed E-state index contributed by atoms with van der Waals surface area (Å²) in [6.07, 6.45) is 1.39. The SMILES string of the molecule is Cl.O=C(NCCCNCCCNC(=O)C(=NO)c1ccccc1)C(=NO)c1ccccc1. The molecule has 32 heavy (non-hydrogen) atoms. The van der Waals surface area contributed by atoms with Gasteiger partial charge < -0.3 is 26.4 Å². The number of amides is 2. The molecule has 0 heterocycles. The molecule has 2 aromatic carbocycles. The predicted molar refractivity (Wildman–Crippen MR) is 125 cm³/mol. The van der Waals surface area contributed by atoms with E-state index in [1.807, 2.05) is 12.1 Å². The second kappa shape index (κ2) is 15.4. The summed E-state index contributed by atoms with van der Waals surface area (Å²) in [6.45, 7) is 2.22. The van der Waals surface area contributed by atoms with Crippen molar-refractivity contribution in [2.45, 2.75) is 12.8 Å². The van der Waals surface area contributed by atoms with Gasteiger partial charge in [0, 0.05) is 24.2 Å². The number of rotatable bonds is 12. The average molecular weight is 462 g/mol. The first-order valence-electron chi connectivity index (χ1n) is 9.99. The number of hydrogen-bond donors (Lipinski definition) is 5. The van der Waals surface area contributed by atoms with Gasteiger partial charge in [0.15, 0.2) is 11.4 Å². The number of benzene rings is 2. The van der Waals surface area contributed by atoms with Crippen LogP contribution in [0, 0.1) is 0 Å². The molecule has 0 saturated heterocycles. The highest BCUT2D eigenvalue weighted by molar-refractivity contribution is 6.45. The van der Waals surface area contributed by atoms with Gasteiger partial charge in [-0.3, -0.25) is 9.59 Å². The summed E-state index contributed by atoms with van der Waals surface area (Å²) >= 11 is 0. The lowest BCUT2D eigenvalue weighted by Gasteiger charge is -2.09. The lowest BCUT2D eigenvalue weighted by molar-refractivity contribution is -0.115. The first-order chi connectivity index (χ1) is 15.2. The highest BCUT2D eigenvalue weighted by atomic mass is 35.5. The Morgan fingerprint density at radius 1 is 0.656 bits per heavy atom. The van der Waals surface area contributed by atoms with Crippen LogP contribution in [0.5, 0.6) is 0 Å². The molecule has 172 valence electrons. The van der Waals surface area contributed by atoms with Crippen LogP contribution in [0.2, 0.25) is 0 Å². The van der Waals surface area contributed by atoms with Crippen molar-refractivity contribution in [2.75, 3.05) is 26.2 Å². The third-order valence-electron chi connectivity index (χ3n) is 4.36. The van der Waals surface area contributed by atoms with Gasteiger partial charge in [-0.25, -0.2) is 0 Å². The summed E-state index contributed by atoms with van der Waals surface area (Å²) in [5.74, 6) is -0.868. The van der Waals surface area contributed by atoms with Crippen LogP contribution in [-0.2, 0) is 9.59 Å². The Balaban J connectivity index is 0.00000512. The Hall–Kier alpha value is -3.43. The number of carbonyl (C=O) groups is 2. The van der Waals surface area contributed by atoms with E-state index in [1.165, 1.54) is 0 Å². The largest absolute Gasteiger partial charge is 0.410 e. The van der Waals surface area contributed by atoms with E-state index in [-0.39, 0.29) is 23.8 Å². The minimum Gasteiger partial charge on any atom is -0.410 e. The third kappa shape index (κ3) is 8.75. The Morgan fingerprint density at radius 2 is 1.03 bits per heavy atom. The predicted octanol–water partition coefficient (Wildman–Crippen LogP) is 1.77. The summed E-state index contributed by atoms with van der Waals surface area (Å²) in [5, 5.41) is 33.0. The zero-order valence-corrected chi connectivity index (χ0v) is 18.3. The van der Waals surface area contributed by atoms with E-state index < -0.39 is 11.8 Å². The Labute approximate surface area is 193 Å². The van der Waals surface area contributed by atoms with Gasteiger partial charge >= 0.3 is 0 Å². The maximum absolute atomic E-state index is 12.1. The minimum atomic E-state index is -0.434. The van der Waals surface area contributed by atoms with Gasteiger partial charge in [-0.1, -0.05) is 71.0 Å². The van der Waals surface area contributed by atoms with E-state index in [4.69, 9.17) is 10.4 Å². The van der Waals surface area contributed by atoms with Crippen molar-refractivity contribution in [3.63, 3.8) is 0 Å². The van der Waals surface area contributed by atoms with E-state index in [2.05, 4.69) is 26.3 Å². The highest BCUT2D eigenvalue weighted by Gasteiger charge is 2.14. The molecule has 0 unspecified atom stereocenters. The molecule has 9 nitrogen and oxygen atoms in total. The van der Waals surface area contributed by atoms with Crippen LogP contribution in [0.4, 0.5) is 0 Å². The molecule has 0 atom stereocenters. The van der Waals surface area contributed by atoms with Gasteiger partial charge in [-0.2, -0.15) is 0 Å². The maximum atomic E-state index is 12.1. The van der Waals surface area contributed by atoms with Crippen LogP contribution in [0.15, 0.2) is 71.0 Å². The molecule has 2 amide bonds. The van der Waals surface area contributed by atoms with Crippen molar-refractivity contribution in [3.05, 3.63) is 71.8 Å². The molecule has 2 rings (SSSR count). The number of nitrogens with zero attached hydrogens (tertiary/aromatic N) is 2. The molecule has 0 spiro atoms. The number of carbonyl (C=O) groups excluding carboxylic acids is 2. The van der Waals surface area contributed by atoms with Gasteiger partial charge in [-0.05, 0) is 25.9 Å². The van der Waals surface area contributed by atoms with Crippen LogP contribution in [0.25, 0.3) is 0 Å². The zero-order chi connectivity index (χ0) is 22.3. The fourth-order valence-electron chi connectivity index (χ4n) is 2.78. The first kappa shape index (κ1) is 26.6. The van der Waals surface area contributed by atoms with Crippen molar-refractivity contribution in [1.82, 2.24) is 16.0 Å². The molecule has 0 radical (unpaired) electrons. The molecule has 10 heteroatoms. The summed E-state index contributed by atoms with van der Waals surface area (Å²) < 4.78 is 0. The van der Waals surface area contributed by atoms with E-state index in [0.717, 1.165) is 0 Å². The molecule has 2 aromatic rings. The molecule has 0 saturated carbocycles. The van der Waals surface area contributed by atoms with Crippen LogP contribution < -0.4 is 16.0 Å². The number of halogens is 1. The molecule has 0 aliphatic carbocycles. The normalized spacial score (nSPS) is 11.4. The quantitative estimate of drug-likeness (QED) is 0.142. The summed E-state index contributed by atoms with van der Waals surface area (Å²) in [5.41, 5.74) is 1.05. The number of oxime groups is 2. The van der Waals surface area contributed by atoms with Gasteiger partial charge in [0.25, 0.3) is 11.8 Å². The fraction of sp³-hybridized carbons (Fsp3) is 0.273. The smallest absolute Gasteiger partial charge is 0.273 e. The third-order valence-corrected chi connectivity index (χ3v) is 4.36. The lowest BCUT2D eigenvalue weighted by Crippen LogP contribution is -2.35. The summed E-state index contributed by atoms with van der Waals surface area (Å²) in [7, 11) is 0. The van der Waals surface area contributed by atoms with Crippen LogP contribution in [0.1, 0.15) is 24.0 Å². The minimum absolute atomic E-state index is 0. The Bertz CT molecular complexity index is 818. The van der Waals surface area contributed by atoms with Crippen LogP contribution in [-0.4, -0.2) is 59.8 Å². The second-order valence-corrected chi connectivity index (χ2v) is 6.60. The topological polar surface area (TPSA) is 135 Å². The average Bonchev–Trinajstić information content (AvgIpc) is 2.80. The maximum Gasteiger partial charge on any atom is 0.273 e. The molecule has 0 bridgehead atoms. The molecule has 0 aromatic heterocycles. The van der Waals surface area contributed by atoms with Crippen LogP contribution in [0.3, 0.4) is 0 Å². The molecule has 0 aliphatic rings. The second-order valence-electron chi connectivity index (χ2n) is 6.60. The van der Waals surface area contributed by atoms with Crippen molar-refractivity contribution in [1.29, 1.82) is 0 Å². The van der Waals surface area contributed by atoms with E-state index in [1.54, 1.807) is 48.5 Å². The fourth-order valence-corrected chi connectivity index (χ4v) is 2.78. The zero-order valence-electron chi connectivity index (χ0n) is 17.5. The molecular weight excluding hydrogens is 434 g/mol. The standard InChI is InChI=1S/C22H27N5O4.ClH/c28-21(19(26-30)17-9-3-1-4-10-17)24-15-7-13-23-14-8-16-25-22(29)20(27-31)18-11-5-2-6-12-18;/h1-6,9-12,23,30-31H,7-8,13-16H2,(H,24,28)(H,25,29);1H. The van der Waals surface area contributed by atoms with Gasteiger partial charge in [0.1, 0.15) is 0 Å². The molecule has 5 N–H and O–H groups in total. The highest BCUT2D eigenvalue weighted by Crippen LogP contribution is 2.02. The van der Waals surface area contributed by atoms with Crippen molar-refractivity contribution in [3.8, 4) is 0 Å². The van der Waals surface area contributed by atoms with Gasteiger partial charge in [-0.15, -0.1) is 12.4 Å². The number of hydrogen-bond acceptors (Lipinski definition) is 7. The van der Waals surface area contributed by atoms with E-state index in [9.17, 15) is 9.59 Å². The van der Waals surface area contributed by atoms with Crippen LogP contribution >= 0.6 is 12.4 Å². The monoisotopic (exact) mass is 461 g/mol. The summed E-state index contributed by atoms with van der Waals surface area (Å²) in [6, 6.07) is 17.5. The molecule has 0 aliphatic heterocycles. The molecular formula is C22H28ClN5O4. The van der Waals surface area contributed by atoms with Crippen molar-refractivity contribution < 1.29 is 20.0 Å². The lowest BCUT2D eigenvalue weighted by atomic mass is 10.1. The number of nitrogens with one attached hydrogen (secondary N) is 3. The summed E-state index contributed by atoms with van der Waals surface area (Å²) in [4.78, 5) is 24.2. The Kier molecular flexibility index (Phi) is 12.8. The van der Waals surface area contributed by atoms with Crippen molar-refractivity contribution >= 4 is 35.6 Å². The van der Waals surface area contributed by atoms with Gasteiger partial charge in [0.05, 0.1) is 0 Å². The van der Waals surface area contributed by atoms with Gasteiger partial charge in [0.2, 0.25) is 0 Å². The molecule has 0 fully saturated rings. The first-order valence-corrected chi connectivity index (χ1v) is 9.99. The Morgan fingerprint density at radius 3 is 1.38 bits per heavy atom. The van der Waals surface area contributed by atoms with Crippen molar-refractivity contribution in [2.24, 2.45) is 10.3 Å². The van der Waals surface area contributed by atoms with E-state index >= 15 is 0 Å². The van der Waals surface area contributed by atoms with E-state index in [0.29, 0.717) is 50.1 Å².